The Morgan fingerprint density at radius 3 is 2.83 bits per heavy atom. The highest BCUT2D eigenvalue weighted by Crippen LogP contribution is 2.30. The summed E-state index contributed by atoms with van der Waals surface area (Å²) in [6.45, 7) is 0. The standard InChI is InChI=1S/C11H9ClN4OS/c12-7-2-1-3-15-11(7)18-9-4-6(10(14)17)8(13)5-16-9/h1-5H,13H2,(H2,14,17). The number of hydrogen-bond donors (Lipinski definition) is 2. The van der Waals surface area contributed by atoms with E-state index in [1.54, 1.807) is 18.3 Å². The second-order valence-electron chi connectivity index (χ2n) is 3.37. The SMILES string of the molecule is NC(=O)c1cc(Sc2ncccc2Cl)ncc1N. The average Bonchev–Trinajstić information content (AvgIpc) is 2.34. The van der Waals surface area contributed by atoms with Gasteiger partial charge in [-0.3, -0.25) is 4.79 Å². The molecule has 2 heterocycles. The Kier molecular flexibility index (Phi) is 3.69. The number of carbonyl (C=O) groups is 1. The number of aromatic nitrogens is 2. The molecule has 0 atom stereocenters. The molecule has 1 amide bonds. The molecule has 4 N–H and O–H groups in total. The molecular formula is C11H9ClN4OS. The first-order valence-electron chi connectivity index (χ1n) is 4.91. The molecule has 0 saturated carbocycles. The summed E-state index contributed by atoms with van der Waals surface area (Å²) in [5, 5.41) is 1.67. The first-order chi connectivity index (χ1) is 8.58. The molecule has 2 aromatic heterocycles. The Labute approximate surface area is 113 Å². The summed E-state index contributed by atoms with van der Waals surface area (Å²) in [7, 11) is 0. The van der Waals surface area contributed by atoms with Crippen molar-refractivity contribution in [2.24, 2.45) is 5.73 Å². The fourth-order valence-electron chi connectivity index (χ4n) is 1.26. The number of pyridine rings is 2. The summed E-state index contributed by atoms with van der Waals surface area (Å²) in [6.07, 6.45) is 3.01. The molecule has 0 bridgehead atoms. The van der Waals surface area contributed by atoms with E-state index in [2.05, 4.69) is 9.97 Å². The van der Waals surface area contributed by atoms with Crippen LogP contribution in [0.4, 0.5) is 5.69 Å². The number of nitrogen functional groups attached to an aromatic ring is 1. The van der Waals surface area contributed by atoms with E-state index >= 15 is 0 Å². The van der Waals surface area contributed by atoms with Crippen molar-refractivity contribution in [3.63, 3.8) is 0 Å². The van der Waals surface area contributed by atoms with Crippen LogP contribution in [0.3, 0.4) is 0 Å². The van der Waals surface area contributed by atoms with Gasteiger partial charge in [0.05, 0.1) is 22.5 Å². The molecule has 0 spiro atoms. The first kappa shape index (κ1) is 12.7. The number of amides is 1. The van der Waals surface area contributed by atoms with Crippen LogP contribution in [-0.2, 0) is 0 Å². The van der Waals surface area contributed by atoms with E-state index < -0.39 is 5.91 Å². The summed E-state index contributed by atoms with van der Waals surface area (Å²) >= 11 is 7.22. The van der Waals surface area contributed by atoms with E-state index in [9.17, 15) is 4.79 Å². The monoisotopic (exact) mass is 280 g/mol. The molecule has 2 aromatic rings. The van der Waals surface area contributed by atoms with Crippen LogP contribution >= 0.6 is 23.4 Å². The minimum atomic E-state index is -0.594. The zero-order valence-corrected chi connectivity index (χ0v) is 10.7. The van der Waals surface area contributed by atoms with E-state index in [0.29, 0.717) is 15.1 Å². The number of hydrogen-bond acceptors (Lipinski definition) is 5. The molecular weight excluding hydrogens is 272 g/mol. The fraction of sp³-hybridized carbons (Fsp3) is 0. The van der Waals surface area contributed by atoms with Gasteiger partial charge in [0, 0.05) is 6.20 Å². The van der Waals surface area contributed by atoms with E-state index in [1.807, 2.05) is 0 Å². The third-order valence-corrected chi connectivity index (χ3v) is 3.47. The number of halogens is 1. The second kappa shape index (κ2) is 5.24. The molecule has 0 fully saturated rings. The van der Waals surface area contributed by atoms with Crippen LogP contribution in [0.15, 0.2) is 40.6 Å². The Hall–Kier alpha value is -1.79. The van der Waals surface area contributed by atoms with Crippen LogP contribution < -0.4 is 11.5 Å². The topological polar surface area (TPSA) is 94.9 Å². The van der Waals surface area contributed by atoms with Crippen LogP contribution in [0.5, 0.6) is 0 Å². The fourth-order valence-corrected chi connectivity index (χ4v) is 2.26. The van der Waals surface area contributed by atoms with Crippen molar-refractivity contribution in [2.75, 3.05) is 5.73 Å². The summed E-state index contributed by atoms with van der Waals surface area (Å²) in [5.41, 5.74) is 11.3. The number of rotatable bonds is 3. The quantitative estimate of drug-likeness (QED) is 0.896. The maximum atomic E-state index is 11.2. The van der Waals surface area contributed by atoms with Gasteiger partial charge in [0.2, 0.25) is 0 Å². The highest BCUT2D eigenvalue weighted by atomic mass is 35.5. The van der Waals surface area contributed by atoms with Gasteiger partial charge in [0.15, 0.2) is 0 Å². The molecule has 0 aromatic carbocycles. The minimum Gasteiger partial charge on any atom is -0.397 e. The van der Waals surface area contributed by atoms with E-state index in [0.717, 1.165) is 0 Å². The molecule has 92 valence electrons. The Bertz CT molecular complexity index is 605. The Morgan fingerprint density at radius 2 is 2.17 bits per heavy atom. The van der Waals surface area contributed by atoms with Crippen LogP contribution in [0.1, 0.15) is 10.4 Å². The van der Waals surface area contributed by atoms with Crippen molar-refractivity contribution in [1.29, 1.82) is 0 Å². The molecule has 0 radical (unpaired) electrons. The summed E-state index contributed by atoms with van der Waals surface area (Å²) in [4.78, 5) is 19.4. The number of primary amides is 1. The van der Waals surface area contributed by atoms with Crippen LogP contribution in [0.25, 0.3) is 0 Å². The maximum Gasteiger partial charge on any atom is 0.250 e. The second-order valence-corrected chi connectivity index (χ2v) is 4.78. The van der Waals surface area contributed by atoms with Gasteiger partial charge in [0.25, 0.3) is 5.91 Å². The summed E-state index contributed by atoms with van der Waals surface area (Å²) < 4.78 is 0. The van der Waals surface area contributed by atoms with Crippen molar-refractivity contribution < 1.29 is 4.79 Å². The molecule has 7 heteroatoms. The van der Waals surface area contributed by atoms with E-state index in [1.165, 1.54) is 24.0 Å². The van der Waals surface area contributed by atoms with Gasteiger partial charge in [-0.25, -0.2) is 9.97 Å². The summed E-state index contributed by atoms with van der Waals surface area (Å²) in [6, 6.07) is 4.98. The van der Waals surface area contributed by atoms with Crippen molar-refractivity contribution >= 4 is 35.0 Å². The van der Waals surface area contributed by atoms with Gasteiger partial charge in [-0.1, -0.05) is 11.6 Å². The van der Waals surface area contributed by atoms with Crippen molar-refractivity contribution in [3.05, 3.63) is 41.2 Å². The van der Waals surface area contributed by atoms with E-state index in [4.69, 9.17) is 23.1 Å². The van der Waals surface area contributed by atoms with Gasteiger partial charge < -0.3 is 11.5 Å². The third-order valence-electron chi connectivity index (χ3n) is 2.10. The lowest BCUT2D eigenvalue weighted by atomic mass is 10.2. The van der Waals surface area contributed by atoms with Gasteiger partial charge in [-0.05, 0) is 30.0 Å². The highest BCUT2D eigenvalue weighted by molar-refractivity contribution is 7.99. The predicted molar refractivity (Wildman–Crippen MR) is 70.5 cm³/mol. The summed E-state index contributed by atoms with van der Waals surface area (Å²) in [5.74, 6) is -0.594. The van der Waals surface area contributed by atoms with Gasteiger partial charge >= 0.3 is 0 Å². The van der Waals surface area contributed by atoms with Crippen molar-refractivity contribution in [1.82, 2.24) is 9.97 Å². The van der Waals surface area contributed by atoms with Crippen molar-refractivity contribution in [3.8, 4) is 0 Å². The maximum absolute atomic E-state index is 11.2. The molecule has 0 aliphatic carbocycles. The molecule has 0 unspecified atom stereocenters. The molecule has 0 aliphatic heterocycles. The smallest absolute Gasteiger partial charge is 0.250 e. The largest absolute Gasteiger partial charge is 0.397 e. The Balaban J connectivity index is 2.33. The molecule has 2 rings (SSSR count). The highest BCUT2D eigenvalue weighted by Gasteiger charge is 2.10. The lowest BCUT2D eigenvalue weighted by Crippen LogP contribution is -2.13. The number of carbonyl (C=O) groups excluding carboxylic acids is 1. The Morgan fingerprint density at radius 1 is 1.39 bits per heavy atom. The molecule has 0 aliphatic rings. The normalized spacial score (nSPS) is 10.3. The lowest BCUT2D eigenvalue weighted by Gasteiger charge is -2.05. The number of nitrogens with zero attached hydrogens (tertiary/aromatic N) is 2. The number of nitrogens with two attached hydrogens (primary N) is 2. The van der Waals surface area contributed by atoms with Crippen LogP contribution in [-0.4, -0.2) is 15.9 Å². The molecule has 18 heavy (non-hydrogen) atoms. The molecule has 0 saturated heterocycles. The minimum absolute atomic E-state index is 0.236. The van der Waals surface area contributed by atoms with Crippen LogP contribution in [0.2, 0.25) is 5.02 Å². The molecule has 5 nitrogen and oxygen atoms in total. The zero-order chi connectivity index (χ0) is 13.1. The zero-order valence-electron chi connectivity index (χ0n) is 9.13. The van der Waals surface area contributed by atoms with Crippen LogP contribution in [0, 0.1) is 0 Å². The predicted octanol–water partition coefficient (Wildman–Crippen LogP) is 1.96. The first-order valence-corrected chi connectivity index (χ1v) is 6.11. The van der Waals surface area contributed by atoms with Gasteiger partial charge in [-0.2, -0.15) is 0 Å². The lowest BCUT2D eigenvalue weighted by molar-refractivity contribution is 0.100. The van der Waals surface area contributed by atoms with E-state index in [-0.39, 0.29) is 11.3 Å². The van der Waals surface area contributed by atoms with Gasteiger partial charge in [-0.15, -0.1) is 0 Å². The average molecular weight is 281 g/mol. The third kappa shape index (κ3) is 2.72. The van der Waals surface area contributed by atoms with Gasteiger partial charge in [0.1, 0.15) is 10.1 Å². The number of anilines is 1. The van der Waals surface area contributed by atoms with Crippen molar-refractivity contribution in [2.45, 2.75) is 10.1 Å².